The Labute approximate surface area is 858 Å². The summed E-state index contributed by atoms with van der Waals surface area (Å²) in [6.45, 7) is 104. The monoisotopic (exact) mass is 1930 g/mol. The first kappa shape index (κ1) is 167. The van der Waals surface area contributed by atoms with Gasteiger partial charge in [0.25, 0.3) is 0 Å². The van der Waals surface area contributed by atoms with Crippen molar-refractivity contribution >= 4 is 0 Å². The molecule has 3 unspecified atom stereocenters. The lowest BCUT2D eigenvalue weighted by Gasteiger charge is -2.39. The molecule has 0 radical (unpaired) electrons. The van der Waals surface area contributed by atoms with Crippen molar-refractivity contribution in [3.63, 3.8) is 0 Å². The van der Waals surface area contributed by atoms with Crippen LogP contribution in [-0.4, -0.2) is 19.0 Å². The van der Waals surface area contributed by atoms with Crippen LogP contribution in [0.3, 0.4) is 0 Å². The molecule has 0 spiro atoms. The van der Waals surface area contributed by atoms with Gasteiger partial charge in [0, 0.05) is 12.8 Å². The lowest BCUT2D eigenvalue weighted by molar-refractivity contribution is 0.0375. The lowest BCUT2D eigenvalue weighted by atomic mass is 9.67. The average molecular weight is 1930 g/mol. The summed E-state index contributed by atoms with van der Waals surface area (Å²) in [7, 11) is 0. The summed E-state index contributed by atoms with van der Waals surface area (Å²) in [4.78, 5) is 0. The molecule has 0 nitrogen and oxygen atoms in total. The molecular weight excluding hydrogens is 1640 g/mol. The molecule has 834 valence electrons. The van der Waals surface area contributed by atoms with Gasteiger partial charge >= 0.3 is 0 Å². The number of halogens is 5. The first-order valence-electron chi connectivity index (χ1n) is 53.3. The zero-order valence-electron chi connectivity index (χ0n) is 93.9. The van der Waals surface area contributed by atoms with Gasteiger partial charge in [-0.25, -0.2) is 22.0 Å². The number of rotatable bonds is 12. The molecule has 0 saturated heterocycles. The Kier molecular flexibility index (Phi) is 98.4. The predicted molar refractivity (Wildman–Crippen MR) is 626 cm³/mol. The van der Waals surface area contributed by atoms with Crippen molar-refractivity contribution in [1.29, 1.82) is 0 Å². The summed E-state index contributed by atoms with van der Waals surface area (Å²) in [6.07, 6.45) is 51.9. The third kappa shape index (κ3) is 109. The molecule has 0 aromatic heterocycles. The molecule has 8 saturated carbocycles. The summed E-state index contributed by atoms with van der Waals surface area (Å²) < 4.78 is 61.0. The van der Waals surface area contributed by atoms with Crippen molar-refractivity contribution in [2.45, 2.75) is 689 Å². The summed E-state index contributed by atoms with van der Waals surface area (Å²) in [6, 6.07) is 0. The van der Waals surface area contributed by atoms with E-state index >= 15 is 0 Å². The van der Waals surface area contributed by atoms with Crippen molar-refractivity contribution < 1.29 is 22.0 Å². The second-order valence-electron chi connectivity index (χ2n) is 58.3. The van der Waals surface area contributed by atoms with Crippen LogP contribution in [0.5, 0.6) is 0 Å². The van der Waals surface area contributed by atoms with Gasteiger partial charge in [0.15, 0.2) is 0 Å². The Bertz CT molecular complexity index is 2340. The van der Waals surface area contributed by atoms with Crippen LogP contribution in [0.15, 0.2) is 0 Å². The molecule has 0 aromatic carbocycles. The fraction of sp³-hybridized carbons (Fsp3) is 1.00. The Morgan fingerprint density at radius 1 is 0.224 bits per heavy atom. The maximum atomic E-state index is 12.6. The molecule has 8 fully saturated rings. The third-order valence-electron chi connectivity index (χ3n) is 28.4. The standard InChI is InChI=1S/C15H30.C13H24F2.C12H24.C11H22.2C10H20.C9H18.C8H16F2.C8H16.C8H18.C7H15F.C7H16.11CH4/c1-14(2,3)11-12-7-9-13(10-8-12)15(4,5)6;1-13(2,3)11(9-12(14)15)10-7-5-4-6-8-10;1-10-5-7-11(8-6-10)9-12(2,3)4;1-11(2,3)9-10-7-5-4-6-8-10;1-10(2,3)8-9-6-4-5-7-9;1-10(2,3)9-7-5-4-6-8-9;1-9(2,3)8-6-4-5-7-8;1-6(5-7(9)10)8(2,3)4;1-8(2,3)6-7-4-5-7;1-7(2)6-8(3,4)5;1-6(8)5-7(2,3)4;1-6(2)7(3,4)5;;;;;;;;;;;/h12-13H,7-11H2,1-6H3;10-12H,4-9H2,1-3H3;10-11H,5-9H2,1-4H3;10H,4-9H2,1-3H3;2*9H,4-8H2,1-3H3;8H,4-7H2,1-3H3;6-7H,5H2,1-4H3;7H,4-6H2,1-3H3;7H,6H2,1-5H3;6H,5H2,1-4H3;6H,1-5H3;11*1H4. The van der Waals surface area contributed by atoms with E-state index in [4.69, 9.17) is 0 Å². The van der Waals surface area contributed by atoms with E-state index in [1.165, 1.54) is 238 Å². The summed E-state index contributed by atoms with van der Waals surface area (Å²) in [5.74, 6) is 11.7. The molecule has 0 heterocycles. The molecule has 3 atom stereocenters. The quantitative estimate of drug-likeness (QED) is 0.171. The van der Waals surface area contributed by atoms with Gasteiger partial charge in [-0.05, 0) is 244 Å². The fourth-order valence-corrected chi connectivity index (χ4v) is 20.5. The van der Waals surface area contributed by atoms with Crippen molar-refractivity contribution in [2.24, 2.45) is 153 Å². The summed E-state index contributed by atoms with van der Waals surface area (Å²) >= 11 is 0. The topological polar surface area (TPSA) is 0 Å². The highest BCUT2D eigenvalue weighted by molar-refractivity contribution is 4.87. The van der Waals surface area contributed by atoms with Gasteiger partial charge < -0.3 is 0 Å². The summed E-state index contributed by atoms with van der Waals surface area (Å²) in [5.41, 5.74) is 5.67. The predicted octanol–water partition coefficient (Wildman–Crippen LogP) is 50.6. The highest BCUT2D eigenvalue weighted by Crippen LogP contribution is 2.47. The van der Waals surface area contributed by atoms with Crippen molar-refractivity contribution in [3.8, 4) is 0 Å². The highest BCUT2D eigenvalue weighted by Gasteiger charge is 2.37. The minimum absolute atomic E-state index is 0. The third-order valence-corrected chi connectivity index (χ3v) is 28.4. The van der Waals surface area contributed by atoms with Crippen LogP contribution < -0.4 is 0 Å². The van der Waals surface area contributed by atoms with E-state index in [9.17, 15) is 22.0 Å². The molecule has 0 aliphatic heterocycles. The summed E-state index contributed by atoms with van der Waals surface area (Å²) in [5, 5.41) is 0. The van der Waals surface area contributed by atoms with Crippen LogP contribution >= 0.6 is 0 Å². The second kappa shape index (κ2) is 78.9. The van der Waals surface area contributed by atoms with Crippen molar-refractivity contribution in [3.05, 3.63) is 0 Å². The number of alkyl halides is 5. The molecule has 0 amide bonds. The first-order chi connectivity index (χ1) is 55.1. The molecule has 5 heteroatoms. The van der Waals surface area contributed by atoms with Gasteiger partial charge in [-0.1, -0.05) is 567 Å². The minimum atomic E-state index is -2.16. The van der Waals surface area contributed by atoms with Gasteiger partial charge in [0.2, 0.25) is 12.9 Å². The van der Waals surface area contributed by atoms with Crippen LogP contribution in [0.4, 0.5) is 22.0 Å². The second-order valence-corrected chi connectivity index (χ2v) is 58.3. The molecule has 0 N–H and O–H groups in total. The minimum Gasteiger partial charge on any atom is -0.248 e. The Morgan fingerprint density at radius 3 is 0.597 bits per heavy atom. The first-order valence-corrected chi connectivity index (χ1v) is 53.3. The van der Waals surface area contributed by atoms with Gasteiger partial charge in [-0.2, -0.15) is 0 Å². The van der Waals surface area contributed by atoms with Crippen LogP contribution in [0.1, 0.15) is 670 Å². The SMILES string of the molecule is C.C.C.C.C.C.C.C.C.C.C.CC(C)(C)C(CC(F)F)C1CCCCC1.CC(C)(C)C1CCCC1.CC(C)(C)C1CCCCC1.CC(C)(C)CC1CC1.CC(C)(C)CC1CCC(C(C)(C)C)CC1.CC(C)(C)CC1CCCC1.CC(C)(C)CC1CCCCC1.CC(C)C(C)(C)C.CC(C)CC(C)(C)C.CC(CC(F)F)C(C)(C)C.CC(F)CC(C)(C)C.CC1CCC(CC(C)(C)C)CC1. The highest BCUT2D eigenvalue weighted by atomic mass is 19.3. The van der Waals surface area contributed by atoms with Crippen molar-refractivity contribution in [2.75, 3.05) is 0 Å². The van der Waals surface area contributed by atoms with Gasteiger partial charge in [-0.15, -0.1) is 0 Å². The normalized spacial score (nSPS) is 20.2. The van der Waals surface area contributed by atoms with Gasteiger partial charge in [0.05, 0.1) is 6.17 Å². The van der Waals surface area contributed by atoms with Crippen LogP contribution in [0, 0.1) is 153 Å². The smallest absolute Gasteiger partial charge is 0.238 e. The molecule has 0 bridgehead atoms. The van der Waals surface area contributed by atoms with Gasteiger partial charge in [0.1, 0.15) is 0 Å². The zero-order chi connectivity index (χ0) is 97.0. The van der Waals surface area contributed by atoms with Crippen LogP contribution in [0.2, 0.25) is 0 Å². The molecule has 8 aliphatic rings. The van der Waals surface area contributed by atoms with E-state index in [1.54, 1.807) is 6.92 Å². The van der Waals surface area contributed by atoms with Gasteiger partial charge in [-0.3, -0.25) is 0 Å². The Balaban J connectivity index is -0.0000000886. The maximum Gasteiger partial charge on any atom is 0.238 e. The lowest BCUT2D eigenvalue weighted by Crippen LogP contribution is -2.31. The van der Waals surface area contributed by atoms with Crippen LogP contribution in [0.25, 0.3) is 0 Å². The molecule has 0 aromatic rings. The Morgan fingerprint density at radius 2 is 0.433 bits per heavy atom. The Hall–Kier alpha value is -0.350. The maximum absolute atomic E-state index is 12.6. The van der Waals surface area contributed by atoms with Crippen LogP contribution in [-0.2, 0) is 0 Å². The number of hydrogen-bond acceptors (Lipinski definition) is 0. The fourth-order valence-electron chi connectivity index (χ4n) is 20.5. The molecular formula is C129H283F5. The van der Waals surface area contributed by atoms with E-state index in [0.717, 1.165) is 77.9 Å². The average Bonchev–Trinajstić information content (AvgIpc) is 1.34. The molecule has 8 rings (SSSR count). The van der Waals surface area contributed by atoms with Crippen molar-refractivity contribution in [1.82, 2.24) is 0 Å². The van der Waals surface area contributed by atoms with E-state index < -0.39 is 19.0 Å². The zero-order valence-corrected chi connectivity index (χ0v) is 93.9. The van der Waals surface area contributed by atoms with E-state index in [-0.39, 0.29) is 123 Å². The molecule has 8 aliphatic carbocycles. The van der Waals surface area contributed by atoms with E-state index in [1.807, 2.05) is 48.5 Å². The van der Waals surface area contributed by atoms with E-state index in [0.29, 0.717) is 66.5 Å². The largest absolute Gasteiger partial charge is 0.248 e. The molecule has 134 heavy (non-hydrogen) atoms. The van der Waals surface area contributed by atoms with E-state index in [2.05, 4.69) is 263 Å². The number of hydrogen-bond donors (Lipinski definition) is 0.